The average Bonchev–Trinajstić information content (AvgIpc) is 3.10. The number of amides is 2. The highest BCUT2D eigenvalue weighted by Gasteiger charge is 2.38. The zero-order valence-corrected chi connectivity index (χ0v) is 15.3. The van der Waals surface area contributed by atoms with Crippen molar-refractivity contribution in [1.29, 1.82) is 0 Å². The van der Waals surface area contributed by atoms with Crippen LogP contribution in [0.15, 0.2) is 24.9 Å². The Kier molecular flexibility index (Phi) is 4.83. The summed E-state index contributed by atoms with van der Waals surface area (Å²) in [6.07, 6.45) is 8.20. The summed E-state index contributed by atoms with van der Waals surface area (Å²) in [5.41, 5.74) is 1.60. The van der Waals surface area contributed by atoms with Gasteiger partial charge in [-0.25, -0.2) is 9.97 Å². The maximum Gasteiger partial charge on any atom is 0.227 e. The third kappa shape index (κ3) is 3.81. The van der Waals surface area contributed by atoms with Gasteiger partial charge in [0, 0.05) is 50.6 Å². The van der Waals surface area contributed by atoms with E-state index in [0.29, 0.717) is 18.9 Å². The van der Waals surface area contributed by atoms with Crippen molar-refractivity contribution in [2.75, 3.05) is 19.6 Å². The van der Waals surface area contributed by atoms with E-state index in [4.69, 9.17) is 0 Å². The summed E-state index contributed by atoms with van der Waals surface area (Å²) in [5.74, 6) is 0.721. The zero-order chi connectivity index (χ0) is 18.8. The van der Waals surface area contributed by atoms with Gasteiger partial charge in [-0.05, 0) is 18.3 Å². The summed E-state index contributed by atoms with van der Waals surface area (Å²) >= 11 is 0. The van der Waals surface area contributed by atoms with Gasteiger partial charge in [-0.1, -0.05) is 12.1 Å². The van der Waals surface area contributed by atoms with Crippen LogP contribution in [0.4, 0.5) is 0 Å². The highest BCUT2D eigenvalue weighted by atomic mass is 16.2. The second-order valence-corrected chi connectivity index (χ2v) is 7.48. The topological polar surface area (TPSA) is 106 Å². The van der Waals surface area contributed by atoms with E-state index in [2.05, 4.69) is 25.6 Å². The lowest BCUT2D eigenvalue weighted by Gasteiger charge is -2.43. The van der Waals surface area contributed by atoms with E-state index < -0.39 is 0 Å². The van der Waals surface area contributed by atoms with Crippen molar-refractivity contribution in [3.63, 3.8) is 0 Å². The molecular weight excluding hydrogens is 346 g/mol. The van der Waals surface area contributed by atoms with Crippen LogP contribution in [-0.4, -0.2) is 61.3 Å². The number of rotatable bonds is 5. The Labute approximate surface area is 157 Å². The van der Waals surface area contributed by atoms with Gasteiger partial charge >= 0.3 is 0 Å². The molecule has 2 amide bonds. The molecule has 0 saturated carbocycles. The van der Waals surface area contributed by atoms with Crippen LogP contribution in [0, 0.1) is 17.8 Å². The molecule has 27 heavy (non-hydrogen) atoms. The average molecular weight is 369 g/mol. The third-order valence-corrected chi connectivity index (χ3v) is 5.46. The molecule has 2 aliphatic rings. The van der Waals surface area contributed by atoms with Crippen LogP contribution in [0.1, 0.15) is 19.8 Å². The number of carbonyl (C=O) groups is 2. The van der Waals surface area contributed by atoms with Crippen LogP contribution in [0.3, 0.4) is 0 Å². The predicted molar refractivity (Wildman–Crippen MR) is 96.0 cm³/mol. The van der Waals surface area contributed by atoms with Crippen molar-refractivity contribution < 1.29 is 9.59 Å². The number of piperidine rings is 1. The van der Waals surface area contributed by atoms with Crippen molar-refractivity contribution in [2.45, 2.75) is 26.3 Å². The lowest BCUT2D eigenvalue weighted by Crippen LogP contribution is -2.56. The minimum absolute atomic E-state index is 0.0438. The van der Waals surface area contributed by atoms with Gasteiger partial charge < -0.3 is 10.2 Å². The Hall–Kier alpha value is -2.84. The molecule has 0 aromatic carbocycles. The summed E-state index contributed by atoms with van der Waals surface area (Å²) in [5, 5.41) is 11.1. The van der Waals surface area contributed by atoms with Gasteiger partial charge in [-0.2, -0.15) is 0 Å². The highest BCUT2D eigenvalue weighted by Crippen LogP contribution is 2.27. The Morgan fingerprint density at radius 3 is 2.81 bits per heavy atom. The summed E-state index contributed by atoms with van der Waals surface area (Å²) in [6.45, 7) is 4.78. The van der Waals surface area contributed by atoms with E-state index >= 15 is 0 Å². The number of nitrogens with one attached hydrogen (secondary N) is 1. The van der Waals surface area contributed by atoms with Crippen LogP contribution >= 0.6 is 0 Å². The number of aromatic nitrogens is 5. The molecule has 2 atom stereocenters. The zero-order valence-electron chi connectivity index (χ0n) is 15.3. The predicted octanol–water partition coefficient (Wildman–Crippen LogP) is 0.356. The van der Waals surface area contributed by atoms with E-state index in [1.54, 1.807) is 12.4 Å². The molecule has 2 saturated heterocycles. The first-order valence-electron chi connectivity index (χ1n) is 9.31. The smallest absolute Gasteiger partial charge is 0.227 e. The van der Waals surface area contributed by atoms with Gasteiger partial charge in [0.05, 0.1) is 12.1 Å². The van der Waals surface area contributed by atoms with E-state index in [9.17, 15) is 9.59 Å². The number of likely N-dealkylation sites (tertiary alicyclic amines) is 1. The molecule has 0 aliphatic carbocycles. The molecule has 9 heteroatoms. The summed E-state index contributed by atoms with van der Waals surface area (Å²) < 4.78 is 1.82. The van der Waals surface area contributed by atoms with Crippen molar-refractivity contribution in [1.82, 2.24) is 35.2 Å². The maximum absolute atomic E-state index is 12.6. The number of nitrogens with zero attached hydrogens (tertiary/aromatic N) is 6. The van der Waals surface area contributed by atoms with Gasteiger partial charge in [0.15, 0.2) is 0 Å². The fourth-order valence-electron chi connectivity index (χ4n) is 3.72. The minimum Gasteiger partial charge on any atom is -0.355 e. The molecule has 0 spiro atoms. The van der Waals surface area contributed by atoms with Crippen LogP contribution in [0.5, 0.6) is 0 Å². The highest BCUT2D eigenvalue weighted by molar-refractivity contribution is 5.84. The Morgan fingerprint density at radius 2 is 2.07 bits per heavy atom. The second-order valence-electron chi connectivity index (χ2n) is 7.48. The van der Waals surface area contributed by atoms with Crippen molar-refractivity contribution in [3.8, 4) is 11.3 Å². The van der Waals surface area contributed by atoms with Crippen LogP contribution in [0.2, 0.25) is 0 Å². The van der Waals surface area contributed by atoms with Crippen molar-refractivity contribution >= 4 is 11.8 Å². The monoisotopic (exact) mass is 369 g/mol. The molecule has 2 fully saturated rings. The van der Waals surface area contributed by atoms with Crippen LogP contribution in [-0.2, 0) is 16.1 Å². The lowest BCUT2D eigenvalue weighted by molar-refractivity contribution is -0.145. The Balaban J connectivity index is 1.24. The number of carbonyl (C=O) groups excluding carboxylic acids is 2. The van der Waals surface area contributed by atoms with E-state index in [-0.39, 0.29) is 23.7 Å². The first-order chi connectivity index (χ1) is 13.1. The quantitative estimate of drug-likeness (QED) is 0.815. The van der Waals surface area contributed by atoms with Gasteiger partial charge in [0.2, 0.25) is 11.8 Å². The summed E-state index contributed by atoms with van der Waals surface area (Å²) in [4.78, 5) is 33.9. The third-order valence-electron chi connectivity index (χ3n) is 5.46. The van der Waals surface area contributed by atoms with Crippen LogP contribution in [0.25, 0.3) is 11.3 Å². The number of hydrogen-bond donors (Lipinski definition) is 1. The molecule has 9 nitrogen and oxygen atoms in total. The fraction of sp³-hybridized carbons (Fsp3) is 0.556. The van der Waals surface area contributed by atoms with Crippen molar-refractivity contribution in [3.05, 3.63) is 24.9 Å². The van der Waals surface area contributed by atoms with Gasteiger partial charge in [0.25, 0.3) is 0 Å². The second kappa shape index (κ2) is 7.42. The number of hydrogen-bond acceptors (Lipinski definition) is 6. The molecule has 4 heterocycles. The Morgan fingerprint density at radius 1 is 1.30 bits per heavy atom. The van der Waals surface area contributed by atoms with Gasteiger partial charge in [-0.3, -0.25) is 14.3 Å². The molecule has 2 unspecified atom stereocenters. The number of aryl methyl sites for hydroxylation is 1. The maximum atomic E-state index is 12.6. The van der Waals surface area contributed by atoms with E-state index in [1.807, 2.05) is 22.7 Å². The molecule has 1 N–H and O–H groups in total. The molecule has 2 aromatic rings. The molecule has 4 rings (SSSR count). The SMILES string of the molecule is CC1CC(=O)NCC1C(=O)N1CC(CCn2cc(-c3cncnc3)nn2)C1. The van der Waals surface area contributed by atoms with Gasteiger partial charge in [0.1, 0.15) is 12.0 Å². The first-order valence-corrected chi connectivity index (χ1v) is 9.31. The molecule has 0 radical (unpaired) electrons. The summed E-state index contributed by atoms with van der Waals surface area (Å²) in [7, 11) is 0. The lowest BCUT2D eigenvalue weighted by atomic mass is 9.84. The molecule has 142 valence electrons. The Bertz CT molecular complexity index is 816. The van der Waals surface area contributed by atoms with E-state index in [0.717, 1.165) is 37.3 Å². The molecule has 2 aliphatic heterocycles. The summed E-state index contributed by atoms with van der Waals surface area (Å²) in [6, 6.07) is 0. The minimum atomic E-state index is -0.0883. The fourth-order valence-corrected chi connectivity index (χ4v) is 3.72. The molecule has 2 aromatic heterocycles. The molecular formula is C18H23N7O2. The standard InChI is InChI=1S/C18H23N7O2/c1-12-4-17(26)21-7-15(12)18(27)24-8-13(9-24)2-3-25-10-16(22-23-25)14-5-19-11-20-6-14/h5-6,10-13,15H,2-4,7-9H2,1H3,(H,21,26). The van der Waals surface area contributed by atoms with Crippen LogP contribution < -0.4 is 5.32 Å². The first kappa shape index (κ1) is 17.6. The largest absolute Gasteiger partial charge is 0.355 e. The normalized spacial score (nSPS) is 23.0. The van der Waals surface area contributed by atoms with E-state index in [1.165, 1.54) is 6.33 Å². The van der Waals surface area contributed by atoms with Gasteiger partial charge in [-0.15, -0.1) is 5.10 Å². The molecule has 0 bridgehead atoms. The van der Waals surface area contributed by atoms with Crippen molar-refractivity contribution in [2.24, 2.45) is 17.8 Å².